The van der Waals surface area contributed by atoms with Gasteiger partial charge in [-0.2, -0.15) is 5.10 Å². The first-order valence-electron chi connectivity index (χ1n) is 4.56. The lowest BCUT2D eigenvalue weighted by Crippen LogP contribution is -2.16. The summed E-state index contributed by atoms with van der Waals surface area (Å²) in [7, 11) is 0. The standard InChI is InChI=1S/C9H13N3O3/c1-5-9(12(14)15)7(3)11(10-5)6(2)8(4)13/h6H,1-4H3. The molecule has 1 rings (SSSR count). The number of rotatable bonds is 3. The molecule has 15 heavy (non-hydrogen) atoms. The van der Waals surface area contributed by atoms with E-state index >= 15 is 0 Å². The Labute approximate surface area is 87.0 Å². The van der Waals surface area contributed by atoms with Gasteiger partial charge in [-0.15, -0.1) is 0 Å². The molecule has 1 aromatic rings. The van der Waals surface area contributed by atoms with Gasteiger partial charge in [-0.25, -0.2) is 0 Å². The van der Waals surface area contributed by atoms with E-state index < -0.39 is 11.0 Å². The molecule has 1 aromatic heterocycles. The van der Waals surface area contributed by atoms with E-state index in [9.17, 15) is 14.9 Å². The summed E-state index contributed by atoms with van der Waals surface area (Å²) in [5.41, 5.74) is 0.744. The van der Waals surface area contributed by atoms with Gasteiger partial charge in [-0.3, -0.25) is 19.6 Å². The van der Waals surface area contributed by atoms with E-state index in [2.05, 4.69) is 5.10 Å². The Balaban J connectivity index is 3.29. The normalized spacial score (nSPS) is 12.5. The molecule has 82 valence electrons. The minimum atomic E-state index is -0.471. The average Bonchev–Trinajstić information content (AvgIpc) is 2.40. The van der Waals surface area contributed by atoms with Crippen molar-refractivity contribution in [2.75, 3.05) is 0 Å². The minimum absolute atomic E-state index is 0.0110. The molecule has 0 saturated heterocycles. The van der Waals surface area contributed by atoms with Crippen LogP contribution in [0.2, 0.25) is 0 Å². The van der Waals surface area contributed by atoms with E-state index in [1.165, 1.54) is 11.6 Å². The third kappa shape index (κ3) is 1.88. The SMILES string of the molecule is CC(=O)C(C)n1nc(C)c([N+](=O)[O-])c1C. The Morgan fingerprint density at radius 1 is 1.53 bits per heavy atom. The third-order valence-electron chi connectivity index (χ3n) is 2.42. The number of Topliss-reactive ketones (excluding diaryl/α,β-unsaturated/α-hetero) is 1. The molecule has 0 aromatic carbocycles. The summed E-state index contributed by atoms with van der Waals surface area (Å²) in [6.45, 7) is 6.27. The zero-order valence-electron chi connectivity index (χ0n) is 9.14. The highest BCUT2D eigenvalue weighted by Crippen LogP contribution is 2.24. The summed E-state index contributed by atoms with van der Waals surface area (Å²) in [4.78, 5) is 21.4. The molecule has 0 amide bonds. The highest BCUT2D eigenvalue weighted by molar-refractivity contribution is 5.79. The molecule has 0 fully saturated rings. The predicted octanol–water partition coefficient (Wildman–Crippen LogP) is 1.56. The molecule has 0 N–H and O–H groups in total. The van der Waals surface area contributed by atoms with Crippen molar-refractivity contribution in [3.8, 4) is 0 Å². The maximum atomic E-state index is 11.2. The Kier molecular flexibility index (Phi) is 2.88. The van der Waals surface area contributed by atoms with Crippen LogP contribution < -0.4 is 0 Å². The summed E-state index contributed by atoms with van der Waals surface area (Å²) in [5, 5.41) is 14.7. The molecule has 1 atom stereocenters. The smallest absolute Gasteiger partial charge is 0.298 e. The zero-order valence-corrected chi connectivity index (χ0v) is 9.14. The molecule has 0 saturated carbocycles. The first-order chi connectivity index (χ1) is 6.86. The van der Waals surface area contributed by atoms with Crippen LogP contribution in [0.1, 0.15) is 31.3 Å². The maximum Gasteiger partial charge on any atom is 0.312 e. The summed E-state index contributed by atoms with van der Waals surface area (Å²) in [6, 6.07) is -0.461. The van der Waals surface area contributed by atoms with Crippen LogP contribution >= 0.6 is 0 Å². The lowest BCUT2D eigenvalue weighted by molar-refractivity contribution is -0.386. The number of carbonyl (C=O) groups excluding carboxylic acids is 1. The van der Waals surface area contributed by atoms with Crippen molar-refractivity contribution in [1.29, 1.82) is 0 Å². The third-order valence-corrected chi connectivity index (χ3v) is 2.42. The van der Waals surface area contributed by atoms with Gasteiger partial charge in [0, 0.05) is 0 Å². The molecule has 0 bridgehead atoms. The number of hydrogen-bond donors (Lipinski definition) is 0. The van der Waals surface area contributed by atoms with Gasteiger partial charge < -0.3 is 0 Å². The van der Waals surface area contributed by atoms with Crippen molar-refractivity contribution in [2.24, 2.45) is 0 Å². The monoisotopic (exact) mass is 211 g/mol. The van der Waals surface area contributed by atoms with E-state index in [0.29, 0.717) is 11.4 Å². The lowest BCUT2D eigenvalue weighted by Gasteiger charge is -2.09. The van der Waals surface area contributed by atoms with Gasteiger partial charge in [-0.1, -0.05) is 0 Å². The van der Waals surface area contributed by atoms with Crippen molar-refractivity contribution < 1.29 is 9.72 Å². The highest BCUT2D eigenvalue weighted by atomic mass is 16.6. The van der Waals surface area contributed by atoms with Gasteiger partial charge >= 0.3 is 5.69 Å². The first kappa shape index (κ1) is 11.4. The number of nitro groups is 1. The van der Waals surface area contributed by atoms with E-state index in [0.717, 1.165) is 0 Å². The minimum Gasteiger partial charge on any atom is -0.298 e. The van der Waals surface area contributed by atoms with Crippen molar-refractivity contribution in [2.45, 2.75) is 33.7 Å². The van der Waals surface area contributed by atoms with Crippen molar-refractivity contribution in [1.82, 2.24) is 9.78 Å². The fourth-order valence-corrected chi connectivity index (χ4v) is 1.47. The van der Waals surface area contributed by atoms with Crippen LogP contribution in [-0.2, 0) is 4.79 Å². The largest absolute Gasteiger partial charge is 0.312 e. The Bertz CT molecular complexity index is 422. The molecule has 1 unspecified atom stereocenters. The highest BCUT2D eigenvalue weighted by Gasteiger charge is 2.25. The molecule has 0 aliphatic carbocycles. The second-order valence-corrected chi connectivity index (χ2v) is 3.51. The van der Waals surface area contributed by atoms with Crippen LogP contribution in [0.25, 0.3) is 0 Å². The van der Waals surface area contributed by atoms with E-state index in [4.69, 9.17) is 0 Å². The van der Waals surface area contributed by atoms with Crippen molar-refractivity contribution in [3.05, 3.63) is 21.5 Å². The van der Waals surface area contributed by atoms with Crippen LogP contribution in [0.5, 0.6) is 0 Å². The summed E-state index contributed by atoms with van der Waals surface area (Å²) in [6.07, 6.45) is 0. The first-order valence-corrected chi connectivity index (χ1v) is 4.56. The topological polar surface area (TPSA) is 78.0 Å². The lowest BCUT2D eigenvalue weighted by atomic mass is 10.2. The summed E-state index contributed by atoms with van der Waals surface area (Å²) >= 11 is 0. The van der Waals surface area contributed by atoms with Crippen LogP contribution in [0.3, 0.4) is 0 Å². The van der Waals surface area contributed by atoms with Crippen molar-refractivity contribution >= 4 is 11.5 Å². The Morgan fingerprint density at radius 2 is 2.07 bits per heavy atom. The molecule has 0 aliphatic heterocycles. The molecule has 0 aliphatic rings. The predicted molar refractivity (Wildman–Crippen MR) is 53.7 cm³/mol. The Morgan fingerprint density at radius 3 is 2.40 bits per heavy atom. The second kappa shape index (κ2) is 3.80. The number of nitrogens with zero attached hydrogens (tertiary/aromatic N) is 3. The van der Waals surface area contributed by atoms with E-state index in [1.807, 2.05) is 0 Å². The van der Waals surface area contributed by atoms with Gasteiger partial charge in [0.05, 0.1) is 4.92 Å². The average molecular weight is 211 g/mol. The van der Waals surface area contributed by atoms with Crippen molar-refractivity contribution in [3.63, 3.8) is 0 Å². The van der Waals surface area contributed by atoms with Gasteiger partial charge in [-0.05, 0) is 27.7 Å². The fraction of sp³-hybridized carbons (Fsp3) is 0.556. The quantitative estimate of drug-likeness (QED) is 0.561. The summed E-state index contributed by atoms with van der Waals surface area (Å²) < 4.78 is 1.40. The molecular formula is C9H13N3O3. The molecule has 6 heteroatoms. The molecular weight excluding hydrogens is 198 g/mol. The molecule has 0 radical (unpaired) electrons. The number of aryl methyl sites for hydroxylation is 1. The van der Waals surface area contributed by atoms with E-state index in [1.54, 1.807) is 20.8 Å². The number of carbonyl (C=O) groups is 1. The van der Waals surface area contributed by atoms with Crippen LogP contribution in [-0.4, -0.2) is 20.5 Å². The second-order valence-electron chi connectivity index (χ2n) is 3.51. The molecule has 1 heterocycles. The number of ketones is 1. The van der Waals surface area contributed by atoms with Crippen LogP contribution in [0.15, 0.2) is 0 Å². The van der Waals surface area contributed by atoms with Gasteiger partial charge in [0.25, 0.3) is 0 Å². The van der Waals surface area contributed by atoms with Crippen LogP contribution in [0, 0.1) is 24.0 Å². The number of hydrogen-bond acceptors (Lipinski definition) is 4. The maximum absolute atomic E-state index is 11.2. The van der Waals surface area contributed by atoms with E-state index in [-0.39, 0.29) is 11.5 Å². The summed E-state index contributed by atoms with van der Waals surface area (Å²) in [5.74, 6) is -0.0736. The number of aromatic nitrogens is 2. The zero-order chi connectivity index (χ0) is 11.7. The molecule has 6 nitrogen and oxygen atoms in total. The molecule has 0 spiro atoms. The van der Waals surface area contributed by atoms with Gasteiger partial charge in [0.1, 0.15) is 17.4 Å². The van der Waals surface area contributed by atoms with Crippen LogP contribution in [0.4, 0.5) is 5.69 Å². The van der Waals surface area contributed by atoms with Gasteiger partial charge in [0.15, 0.2) is 5.78 Å². The fourth-order valence-electron chi connectivity index (χ4n) is 1.47. The van der Waals surface area contributed by atoms with Gasteiger partial charge in [0.2, 0.25) is 0 Å². The Hall–Kier alpha value is -1.72.